The summed E-state index contributed by atoms with van der Waals surface area (Å²) in [5.74, 6) is 0.887. The minimum absolute atomic E-state index is 0.293. The first kappa shape index (κ1) is 10.2. The number of ether oxygens (including phenoxy) is 1. The van der Waals surface area contributed by atoms with Gasteiger partial charge in [0.2, 0.25) is 0 Å². The number of hydrogen-bond acceptors (Lipinski definition) is 2. The van der Waals surface area contributed by atoms with Crippen LogP contribution in [0.1, 0.15) is 24.8 Å². The number of benzene rings is 1. The van der Waals surface area contributed by atoms with Crippen LogP contribution >= 0.6 is 0 Å². The van der Waals surface area contributed by atoms with Crippen molar-refractivity contribution in [3.05, 3.63) is 35.9 Å². The molecule has 1 aliphatic rings. The van der Waals surface area contributed by atoms with E-state index in [-0.39, 0.29) is 6.10 Å². The Bertz CT molecular complexity index is 369. The number of methoxy groups -OCH3 is 1. The quantitative estimate of drug-likeness (QED) is 0.802. The number of aliphatic hydroxyl groups is 1. The van der Waals surface area contributed by atoms with Crippen LogP contribution in [-0.2, 0) is 0 Å². The van der Waals surface area contributed by atoms with E-state index in [1.165, 1.54) is 5.57 Å². The zero-order valence-electron chi connectivity index (χ0n) is 8.94. The van der Waals surface area contributed by atoms with Crippen molar-refractivity contribution < 1.29 is 9.84 Å². The molecule has 0 radical (unpaired) electrons. The summed E-state index contributed by atoms with van der Waals surface area (Å²) >= 11 is 0. The average Bonchev–Trinajstić information content (AvgIpc) is 2.29. The molecule has 1 atom stereocenters. The molecular formula is C13H16O2. The maximum Gasteiger partial charge on any atom is 0.126 e. The van der Waals surface area contributed by atoms with Crippen LogP contribution in [0.4, 0.5) is 0 Å². The first-order valence-corrected chi connectivity index (χ1v) is 5.33. The molecular weight excluding hydrogens is 188 g/mol. The standard InChI is InChI=1S/C13H16O2/c1-15-13-8-3-2-7-12(13)10-5-4-6-11(14)9-10/h2-3,7-9,11,14H,4-6H2,1H3. The van der Waals surface area contributed by atoms with Gasteiger partial charge < -0.3 is 9.84 Å². The van der Waals surface area contributed by atoms with Gasteiger partial charge in [0.25, 0.3) is 0 Å². The fourth-order valence-electron chi connectivity index (χ4n) is 2.03. The maximum atomic E-state index is 9.59. The Morgan fingerprint density at radius 3 is 2.87 bits per heavy atom. The lowest BCUT2D eigenvalue weighted by Gasteiger charge is -2.18. The molecule has 1 N–H and O–H groups in total. The molecule has 1 aromatic rings. The zero-order chi connectivity index (χ0) is 10.7. The highest BCUT2D eigenvalue weighted by atomic mass is 16.5. The number of rotatable bonds is 2. The van der Waals surface area contributed by atoms with Crippen molar-refractivity contribution in [2.24, 2.45) is 0 Å². The highest BCUT2D eigenvalue weighted by Gasteiger charge is 2.14. The Labute approximate surface area is 90.2 Å². The lowest BCUT2D eigenvalue weighted by Crippen LogP contribution is -2.08. The monoisotopic (exact) mass is 204 g/mol. The molecule has 0 spiro atoms. The Kier molecular flexibility index (Phi) is 3.07. The molecule has 0 aliphatic heterocycles. The van der Waals surface area contributed by atoms with E-state index in [0.717, 1.165) is 30.6 Å². The molecule has 0 amide bonds. The SMILES string of the molecule is COc1ccccc1C1=CC(O)CCC1. The first-order chi connectivity index (χ1) is 7.31. The van der Waals surface area contributed by atoms with Crippen molar-refractivity contribution in [1.29, 1.82) is 0 Å². The Morgan fingerprint density at radius 2 is 2.13 bits per heavy atom. The summed E-state index contributed by atoms with van der Waals surface area (Å²) < 4.78 is 5.31. The second-order valence-corrected chi connectivity index (χ2v) is 3.85. The molecule has 1 aromatic carbocycles. The molecule has 1 aliphatic carbocycles. The predicted octanol–water partition coefficient (Wildman–Crippen LogP) is 2.62. The summed E-state index contributed by atoms with van der Waals surface area (Å²) in [5.41, 5.74) is 2.31. The maximum absolute atomic E-state index is 9.59. The van der Waals surface area contributed by atoms with E-state index in [1.54, 1.807) is 7.11 Å². The fraction of sp³-hybridized carbons (Fsp3) is 0.385. The van der Waals surface area contributed by atoms with E-state index < -0.39 is 0 Å². The Balaban J connectivity index is 2.36. The highest BCUT2D eigenvalue weighted by molar-refractivity contribution is 5.71. The van der Waals surface area contributed by atoms with Gasteiger partial charge in [-0.1, -0.05) is 24.3 Å². The van der Waals surface area contributed by atoms with Crippen LogP contribution in [0, 0.1) is 0 Å². The molecule has 0 fully saturated rings. The summed E-state index contributed by atoms with van der Waals surface area (Å²) in [4.78, 5) is 0. The van der Waals surface area contributed by atoms with Crippen LogP contribution in [0.15, 0.2) is 30.3 Å². The van der Waals surface area contributed by atoms with E-state index in [2.05, 4.69) is 0 Å². The number of hydrogen-bond donors (Lipinski definition) is 1. The summed E-state index contributed by atoms with van der Waals surface area (Å²) in [6.07, 6.45) is 4.60. The van der Waals surface area contributed by atoms with E-state index in [0.29, 0.717) is 0 Å². The van der Waals surface area contributed by atoms with Crippen molar-refractivity contribution >= 4 is 5.57 Å². The molecule has 1 unspecified atom stereocenters. The van der Waals surface area contributed by atoms with Crippen molar-refractivity contribution in [1.82, 2.24) is 0 Å². The number of aliphatic hydroxyl groups excluding tert-OH is 1. The van der Waals surface area contributed by atoms with Gasteiger partial charge in [-0.05, 0) is 30.9 Å². The van der Waals surface area contributed by atoms with Crippen molar-refractivity contribution in [2.45, 2.75) is 25.4 Å². The second kappa shape index (κ2) is 4.49. The number of para-hydroxylation sites is 1. The van der Waals surface area contributed by atoms with Gasteiger partial charge >= 0.3 is 0 Å². The molecule has 2 heteroatoms. The van der Waals surface area contributed by atoms with E-state index in [9.17, 15) is 5.11 Å². The minimum atomic E-state index is -0.293. The van der Waals surface area contributed by atoms with Crippen LogP contribution < -0.4 is 4.74 Å². The van der Waals surface area contributed by atoms with E-state index in [1.807, 2.05) is 30.3 Å². The summed E-state index contributed by atoms with van der Waals surface area (Å²) in [5, 5.41) is 9.59. The largest absolute Gasteiger partial charge is 0.496 e. The molecule has 0 aromatic heterocycles. The van der Waals surface area contributed by atoms with Crippen LogP contribution in [0.25, 0.3) is 5.57 Å². The van der Waals surface area contributed by atoms with Gasteiger partial charge in [-0.2, -0.15) is 0 Å². The number of allylic oxidation sites excluding steroid dienone is 1. The third-order valence-electron chi connectivity index (χ3n) is 2.79. The molecule has 2 nitrogen and oxygen atoms in total. The Hall–Kier alpha value is -1.28. The smallest absolute Gasteiger partial charge is 0.126 e. The topological polar surface area (TPSA) is 29.5 Å². The fourth-order valence-corrected chi connectivity index (χ4v) is 2.03. The molecule has 15 heavy (non-hydrogen) atoms. The molecule has 2 rings (SSSR count). The lowest BCUT2D eigenvalue weighted by molar-refractivity contribution is 0.206. The van der Waals surface area contributed by atoms with Crippen LogP contribution in [-0.4, -0.2) is 18.3 Å². The van der Waals surface area contributed by atoms with Crippen LogP contribution in [0.5, 0.6) is 5.75 Å². The first-order valence-electron chi connectivity index (χ1n) is 5.33. The molecule has 80 valence electrons. The average molecular weight is 204 g/mol. The molecule has 0 heterocycles. The third kappa shape index (κ3) is 2.21. The van der Waals surface area contributed by atoms with Gasteiger partial charge in [-0.15, -0.1) is 0 Å². The van der Waals surface area contributed by atoms with Gasteiger partial charge in [0.05, 0.1) is 13.2 Å². The van der Waals surface area contributed by atoms with Crippen LogP contribution in [0.3, 0.4) is 0 Å². The molecule has 0 saturated carbocycles. The Morgan fingerprint density at radius 1 is 1.33 bits per heavy atom. The lowest BCUT2D eigenvalue weighted by atomic mass is 9.92. The normalized spacial score (nSPS) is 20.9. The second-order valence-electron chi connectivity index (χ2n) is 3.85. The third-order valence-corrected chi connectivity index (χ3v) is 2.79. The molecule has 0 bridgehead atoms. The highest BCUT2D eigenvalue weighted by Crippen LogP contribution is 2.32. The summed E-state index contributed by atoms with van der Waals surface area (Å²) in [6.45, 7) is 0. The predicted molar refractivity (Wildman–Crippen MR) is 60.8 cm³/mol. The summed E-state index contributed by atoms with van der Waals surface area (Å²) in [6, 6.07) is 7.96. The van der Waals surface area contributed by atoms with Gasteiger partial charge in [-0.3, -0.25) is 0 Å². The van der Waals surface area contributed by atoms with Gasteiger partial charge in [0.15, 0.2) is 0 Å². The molecule has 0 saturated heterocycles. The summed E-state index contributed by atoms with van der Waals surface area (Å²) in [7, 11) is 1.68. The van der Waals surface area contributed by atoms with Gasteiger partial charge in [0.1, 0.15) is 5.75 Å². The minimum Gasteiger partial charge on any atom is -0.496 e. The van der Waals surface area contributed by atoms with Gasteiger partial charge in [0, 0.05) is 5.56 Å². The van der Waals surface area contributed by atoms with E-state index >= 15 is 0 Å². The zero-order valence-corrected chi connectivity index (χ0v) is 8.94. The van der Waals surface area contributed by atoms with Crippen molar-refractivity contribution in [2.75, 3.05) is 7.11 Å². The van der Waals surface area contributed by atoms with Gasteiger partial charge in [-0.25, -0.2) is 0 Å². The van der Waals surface area contributed by atoms with Crippen LogP contribution in [0.2, 0.25) is 0 Å². The van der Waals surface area contributed by atoms with Crippen molar-refractivity contribution in [3.63, 3.8) is 0 Å². The van der Waals surface area contributed by atoms with Crippen molar-refractivity contribution in [3.8, 4) is 5.75 Å². The van der Waals surface area contributed by atoms with E-state index in [4.69, 9.17) is 4.74 Å².